The van der Waals surface area contributed by atoms with Gasteiger partial charge in [-0.3, -0.25) is 14.2 Å². The van der Waals surface area contributed by atoms with Crippen LogP contribution in [0.4, 0.5) is 5.69 Å². The summed E-state index contributed by atoms with van der Waals surface area (Å²) in [6, 6.07) is 5.09. The molecule has 6 nitrogen and oxygen atoms in total. The number of rotatable bonds is 4. The second-order valence-electron chi connectivity index (χ2n) is 5.71. The second kappa shape index (κ2) is 6.04. The summed E-state index contributed by atoms with van der Waals surface area (Å²) in [6.45, 7) is 2.40. The Labute approximate surface area is 138 Å². The normalized spacial score (nSPS) is 16.2. The molecular formula is C16H17ClN4O2. The Bertz CT molecular complexity index is 811. The first-order valence-corrected chi connectivity index (χ1v) is 7.73. The van der Waals surface area contributed by atoms with Crippen molar-refractivity contribution in [3.63, 3.8) is 0 Å². The first kappa shape index (κ1) is 15.6. The molecule has 1 amide bonds. The Hall–Kier alpha value is -2.34. The number of nitrogens with zero attached hydrogens (tertiary/aromatic N) is 2. The average molecular weight is 333 g/mol. The Morgan fingerprint density at radius 3 is 2.96 bits per heavy atom. The number of primary amides is 1. The molecule has 2 aromatic rings. The minimum Gasteiger partial charge on any atom is -0.375 e. The van der Waals surface area contributed by atoms with E-state index in [9.17, 15) is 9.59 Å². The molecule has 1 aromatic carbocycles. The van der Waals surface area contributed by atoms with Gasteiger partial charge < -0.3 is 11.1 Å². The second-order valence-corrected chi connectivity index (χ2v) is 6.15. The summed E-state index contributed by atoms with van der Waals surface area (Å²) in [4.78, 5) is 28.3. The van der Waals surface area contributed by atoms with Gasteiger partial charge in [-0.25, -0.2) is 4.98 Å². The maximum absolute atomic E-state index is 12.6. The molecular weight excluding hydrogens is 316 g/mol. The molecule has 0 radical (unpaired) electrons. The number of amides is 1. The number of aryl methyl sites for hydroxylation is 2. The number of anilines is 1. The van der Waals surface area contributed by atoms with Gasteiger partial charge in [0, 0.05) is 18.0 Å². The highest BCUT2D eigenvalue weighted by molar-refractivity contribution is 6.30. The zero-order valence-electron chi connectivity index (χ0n) is 12.7. The van der Waals surface area contributed by atoms with Crippen molar-refractivity contribution in [1.29, 1.82) is 0 Å². The number of nitrogens with one attached hydrogen (secondary N) is 1. The number of carbonyl (C=O) groups excluding carboxylic acids is 1. The van der Waals surface area contributed by atoms with E-state index in [1.165, 1.54) is 10.8 Å². The van der Waals surface area contributed by atoms with E-state index < -0.39 is 11.9 Å². The quantitative estimate of drug-likeness (QED) is 0.893. The van der Waals surface area contributed by atoms with Gasteiger partial charge in [0.15, 0.2) is 0 Å². The highest BCUT2D eigenvalue weighted by Crippen LogP contribution is 2.22. The van der Waals surface area contributed by atoms with E-state index in [-0.39, 0.29) is 5.56 Å². The Morgan fingerprint density at radius 1 is 1.48 bits per heavy atom. The van der Waals surface area contributed by atoms with E-state index >= 15 is 0 Å². The molecule has 1 atom stereocenters. The predicted octanol–water partition coefficient (Wildman–Crippen LogP) is 1.79. The molecule has 23 heavy (non-hydrogen) atoms. The van der Waals surface area contributed by atoms with Crippen LogP contribution in [-0.2, 0) is 17.8 Å². The topological polar surface area (TPSA) is 90.0 Å². The molecule has 1 aromatic heterocycles. The Balaban J connectivity index is 1.86. The van der Waals surface area contributed by atoms with E-state index in [2.05, 4.69) is 10.3 Å². The summed E-state index contributed by atoms with van der Waals surface area (Å²) >= 11 is 6.04. The van der Waals surface area contributed by atoms with Crippen molar-refractivity contribution >= 4 is 23.2 Å². The number of hydrogen-bond donors (Lipinski definition) is 2. The summed E-state index contributed by atoms with van der Waals surface area (Å²) in [6.07, 6.45) is 2.61. The fourth-order valence-corrected chi connectivity index (χ4v) is 3.22. The third-order valence-electron chi connectivity index (χ3n) is 3.94. The summed E-state index contributed by atoms with van der Waals surface area (Å²) in [5.41, 5.74) is 7.46. The molecule has 1 aliphatic rings. The minimum atomic E-state index is -0.611. The highest BCUT2D eigenvalue weighted by atomic mass is 35.5. The molecule has 3 rings (SSSR count). The lowest BCUT2D eigenvalue weighted by Gasteiger charge is -2.13. The van der Waals surface area contributed by atoms with Gasteiger partial charge in [0.25, 0.3) is 5.56 Å². The number of halogens is 1. The molecule has 0 saturated heterocycles. The van der Waals surface area contributed by atoms with Crippen LogP contribution in [0.2, 0.25) is 5.02 Å². The monoisotopic (exact) mass is 332 g/mol. The molecule has 0 spiro atoms. The number of carbonyl (C=O) groups is 1. The van der Waals surface area contributed by atoms with Crippen molar-refractivity contribution in [3.8, 4) is 0 Å². The number of benzene rings is 1. The Kier molecular flexibility index (Phi) is 4.09. The molecule has 0 fully saturated rings. The lowest BCUT2D eigenvalue weighted by atomic mass is 10.1. The van der Waals surface area contributed by atoms with Crippen molar-refractivity contribution in [2.45, 2.75) is 32.4 Å². The van der Waals surface area contributed by atoms with Gasteiger partial charge in [-0.05, 0) is 36.6 Å². The molecule has 0 unspecified atom stereocenters. The molecule has 120 valence electrons. The van der Waals surface area contributed by atoms with Crippen molar-refractivity contribution in [3.05, 3.63) is 56.7 Å². The number of aromatic nitrogens is 2. The molecule has 3 N–H and O–H groups in total. The van der Waals surface area contributed by atoms with Gasteiger partial charge in [0.1, 0.15) is 17.6 Å². The Morgan fingerprint density at radius 2 is 2.26 bits per heavy atom. The third kappa shape index (κ3) is 3.07. The molecule has 0 aliphatic carbocycles. The lowest BCUT2D eigenvalue weighted by Crippen LogP contribution is -2.33. The molecule has 7 heteroatoms. The van der Waals surface area contributed by atoms with Crippen molar-refractivity contribution < 1.29 is 4.79 Å². The SMILES string of the molecule is Cc1cc(Cl)cc(CNc2cnc3n(c2=O)[C@H](C(N)=O)CC3)c1. The minimum absolute atomic E-state index is 0.268. The molecule has 0 bridgehead atoms. The number of fused-ring (bicyclic) bond motifs is 1. The fraction of sp³-hybridized carbons (Fsp3) is 0.312. The van der Waals surface area contributed by atoms with Gasteiger partial charge >= 0.3 is 0 Å². The van der Waals surface area contributed by atoms with Crippen LogP contribution in [0.15, 0.2) is 29.2 Å². The fourth-order valence-electron chi connectivity index (χ4n) is 2.91. The standard InChI is InChI=1S/C16H17ClN4O2/c1-9-4-10(6-11(17)5-9)7-19-12-8-20-14-3-2-13(15(18)22)21(14)16(12)23/h4-6,8,13,19H,2-3,7H2,1H3,(H2,18,22)/t13-/m0/s1. The van der Waals surface area contributed by atoms with Crippen LogP contribution in [0.1, 0.15) is 29.4 Å². The molecule has 1 aliphatic heterocycles. The maximum atomic E-state index is 12.6. The van der Waals surface area contributed by atoms with Gasteiger partial charge in [0.2, 0.25) is 5.91 Å². The predicted molar refractivity (Wildman–Crippen MR) is 88.6 cm³/mol. The van der Waals surface area contributed by atoms with Crippen LogP contribution in [0.3, 0.4) is 0 Å². The van der Waals surface area contributed by atoms with E-state index in [4.69, 9.17) is 17.3 Å². The van der Waals surface area contributed by atoms with Crippen LogP contribution < -0.4 is 16.6 Å². The van der Waals surface area contributed by atoms with Crippen molar-refractivity contribution in [1.82, 2.24) is 9.55 Å². The van der Waals surface area contributed by atoms with Crippen LogP contribution in [0, 0.1) is 6.92 Å². The molecule has 2 heterocycles. The first-order chi connectivity index (χ1) is 11.0. The van der Waals surface area contributed by atoms with Crippen LogP contribution in [0.25, 0.3) is 0 Å². The summed E-state index contributed by atoms with van der Waals surface area (Å²) in [5, 5.41) is 3.72. The van der Waals surface area contributed by atoms with Crippen molar-refractivity contribution in [2.75, 3.05) is 5.32 Å². The van der Waals surface area contributed by atoms with Crippen LogP contribution >= 0.6 is 11.6 Å². The smallest absolute Gasteiger partial charge is 0.277 e. The summed E-state index contributed by atoms with van der Waals surface area (Å²) in [7, 11) is 0. The van der Waals surface area contributed by atoms with Gasteiger partial charge in [0.05, 0.1) is 6.20 Å². The first-order valence-electron chi connectivity index (χ1n) is 7.35. The maximum Gasteiger partial charge on any atom is 0.277 e. The molecule has 0 saturated carbocycles. The van der Waals surface area contributed by atoms with E-state index in [0.29, 0.717) is 35.9 Å². The van der Waals surface area contributed by atoms with Gasteiger partial charge in [-0.2, -0.15) is 0 Å². The summed E-state index contributed by atoms with van der Waals surface area (Å²) in [5.74, 6) is 0.0956. The lowest BCUT2D eigenvalue weighted by molar-refractivity contribution is -0.121. The van der Waals surface area contributed by atoms with E-state index in [1.54, 1.807) is 0 Å². The van der Waals surface area contributed by atoms with E-state index in [1.807, 2.05) is 25.1 Å². The van der Waals surface area contributed by atoms with Gasteiger partial charge in [-0.15, -0.1) is 0 Å². The summed E-state index contributed by atoms with van der Waals surface area (Å²) < 4.78 is 1.40. The van der Waals surface area contributed by atoms with Crippen LogP contribution in [-0.4, -0.2) is 15.5 Å². The van der Waals surface area contributed by atoms with Gasteiger partial charge in [-0.1, -0.05) is 17.7 Å². The van der Waals surface area contributed by atoms with Crippen molar-refractivity contribution in [2.24, 2.45) is 5.73 Å². The van der Waals surface area contributed by atoms with Crippen LogP contribution in [0.5, 0.6) is 0 Å². The van der Waals surface area contributed by atoms with E-state index in [0.717, 1.165) is 11.1 Å². The largest absolute Gasteiger partial charge is 0.375 e. The highest BCUT2D eigenvalue weighted by Gasteiger charge is 2.29. The zero-order valence-corrected chi connectivity index (χ0v) is 13.4. The zero-order chi connectivity index (χ0) is 16.6. The number of nitrogens with two attached hydrogens (primary N) is 1. The third-order valence-corrected chi connectivity index (χ3v) is 4.15. The number of hydrogen-bond acceptors (Lipinski definition) is 4. The average Bonchev–Trinajstić information content (AvgIpc) is 2.90.